The molecule has 3 fully saturated rings. The highest BCUT2D eigenvalue weighted by Crippen LogP contribution is 2.43. The van der Waals surface area contributed by atoms with Gasteiger partial charge in [0.1, 0.15) is 6.10 Å². The van der Waals surface area contributed by atoms with Gasteiger partial charge in [0, 0.05) is 37.8 Å². The number of halogens is 1. The SMILES string of the molecule is O=C(C1CCCO1)N1CCN(C(=O)C2(c3ccc(Cl)cc3)CCCC2)CC1. The maximum Gasteiger partial charge on any atom is 0.251 e. The summed E-state index contributed by atoms with van der Waals surface area (Å²) in [4.78, 5) is 29.9. The van der Waals surface area contributed by atoms with Crippen molar-refractivity contribution in [2.75, 3.05) is 32.8 Å². The summed E-state index contributed by atoms with van der Waals surface area (Å²) in [6.07, 6.45) is 5.43. The molecular weight excluding hydrogens is 364 g/mol. The Morgan fingerprint density at radius 2 is 1.59 bits per heavy atom. The second-order valence-electron chi connectivity index (χ2n) is 7.92. The molecule has 146 valence electrons. The Bertz CT molecular complexity index is 686. The van der Waals surface area contributed by atoms with Gasteiger partial charge in [-0.25, -0.2) is 0 Å². The standard InChI is InChI=1S/C21H27ClN2O3/c22-17-7-5-16(6-8-17)21(9-1-2-10-21)20(26)24-13-11-23(12-14-24)19(25)18-4-3-15-27-18/h5-8,18H,1-4,9-15H2. The molecule has 1 atom stereocenters. The quantitative estimate of drug-likeness (QED) is 0.797. The predicted molar refractivity (Wildman–Crippen MR) is 104 cm³/mol. The van der Waals surface area contributed by atoms with Crippen molar-refractivity contribution in [1.29, 1.82) is 0 Å². The summed E-state index contributed by atoms with van der Waals surface area (Å²) in [5.74, 6) is 0.305. The summed E-state index contributed by atoms with van der Waals surface area (Å²) in [6, 6.07) is 7.76. The monoisotopic (exact) mass is 390 g/mol. The van der Waals surface area contributed by atoms with Crippen LogP contribution in [0.25, 0.3) is 0 Å². The van der Waals surface area contributed by atoms with Crippen LogP contribution in [0.15, 0.2) is 24.3 Å². The lowest BCUT2D eigenvalue weighted by atomic mass is 9.77. The summed E-state index contributed by atoms with van der Waals surface area (Å²) >= 11 is 6.05. The van der Waals surface area contributed by atoms with E-state index in [1.165, 1.54) is 0 Å². The first-order valence-electron chi connectivity index (χ1n) is 10.1. The molecule has 1 saturated carbocycles. The van der Waals surface area contributed by atoms with Crippen LogP contribution in [0.5, 0.6) is 0 Å². The summed E-state index contributed by atoms with van der Waals surface area (Å²) in [7, 11) is 0. The third kappa shape index (κ3) is 3.59. The lowest BCUT2D eigenvalue weighted by Crippen LogP contribution is -2.56. The molecule has 5 nitrogen and oxygen atoms in total. The van der Waals surface area contributed by atoms with E-state index >= 15 is 0 Å². The zero-order chi connectivity index (χ0) is 18.9. The van der Waals surface area contributed by atoms with E-state index in [1.807, 2.05) is 34.1 Å². The number of ether oxygens (including phenoxy) is 1. The number of hydrogen-bond donors (Lipinski definition) is 0. The number of carbonyl (C=O) groups excluding carboxylic acids is 2. The lowest BCUT2D eigenvalue weighted by molar-refractivity contribution is -0.148. The molecule has 1 aromatic carbocycles. The number of rotatable bonds is 3. The van der Waals surface area contributed by atoms with Crippen molar-refractivity contribution in [3.05, 3.63) is 34.9 Å². The van der Waals surface area contributed by atoms with E-state index in [1.54, 1.807) is 0 Å². The molecule has 0 aromatic heterocycles. The van der Waals surface area contributed by atoms with E-state index in [0.29, 0.717) is 37.8 Å². The minimum absolute atomic E-state index is 0.0906. The van der Waals surface area contributed by atoms with Crippen LogP contribution in [0.4, 0.5) is 0 Å². The topological polar surface area (TPSA) is 49.9 Å². The highest BCUT2D eigenvalue weighted by atomic mass is 35.5. The largest absolute Gasteiger partial charge is 0.368 e. The molecule has 0 N–H and O–H groups in total. The summed E-state index contributed by atoms with van der Waals surface area (Å²) in [5.41, 5.74) is 0.651. The number of nitrogens with zero attached hydrogens (tertiary/aromatic N) is 2. The molecule has 1 aromatic rings. The Morgan fingerprint density at radius 3 is 2.19 bits per heavy atom. The Balaban J connectivity index is 1.44. The third-order valence-corrected chi connectivity index (χ3v) is 6.60. The molecule has 1 unspecified atom stereocenters. The van der Waals surface area contributed by atoms with Crippen LogP contribution in [0.1, 0.15) is 44.1 Å². The van der Waals surface area contributed by atoms with Crippen molar-refractivity contribution < 1.29 is 14.3 Å². The van der Waals surface area contributed by atoms with E-state index in [-0.39, 0.29) is 17.9 Å². The minimum Gasteiger partial charge on any atom is -0.368 e. The Morgan fingerprint density at radius 1 is 0.963 bits per heavy atom. The maximum absolute atomic E-state index is 13.5. The predicted octanol–water partition coefficient (Wildman–Crippen LogP) is 3.00. The zero-order valence-corrected chi connectivity index (χ0v) is 16.4. The fourth-order valence-corrected chi connectivity index (χ4v) is 4.91. The van der Waals surface area contributed by atoms with Gasteiger partial charge in [-0.05, 0) is 43.4 Å². The van der Waals surface area contributed by atoms with Crippen molar-refractivity contribution in [3.63, 3.8) is 0 Å². The molecule has 2 heterocycles. The van der Waals surface area contributed by atoms with Gasteiger partial charge >= 0.3 is 0 Å². The average molecular weight is 391 g/mol. The Labute approximate surface area is 165 Å². The molecule has 3 aliphatic rings. The number of carbonyl (C=O) groups is 2. The van der Waals surface area contributed by atoms with E-state index in [2.05, 4.69) is 0 Å². The van der Waals surface area contributed by atoms with Gasteiger partial charge in [0.25, 0.3) is 5.91 Å². The van der Waals surface area contributed by atoms with Crippen LogP contribution in [0, 0.1) is 0 Å². The molecule has 2 aliphatic heterocycles. The second kappa shape index (κ2) is 7.80. The zero-order valence-electron chi connectivity index (χ0n) is 15.7. The normalized spacial score (nSPS) is 25.0. The molecule has 2 saturated heterocycles. The van der Waals surface area contributed by atoms with Gasteiger partial charge in [0.2, 0.25) is 5.91 Å². The van der Waals surface area contributed by atoms with Crippen LogP contribution < -0.4 is 0 Å². The van der Waals surface area contributed by atoms with E-state index in [4.69, 9.17) is 16.3 Å². The van der Waals surface area contributed by atoms with Crippen molar-refractivity contribution in [2.45, 2.75) is 50.0 Å². The van der Waals surface area contributed by atoms with Crippen molar-refractivity contribution in [1.82, 2.24) is 9.80 Å². The first kappa shape index (κ1) is 18.8. The lowest BCUT2D eigenvalue weighted by Gasteiger charge is -2.40. The molecular formula is C21H27ClN2O3. The maximum atomic E-state index is 13.5. The van der Waals surface area contributed by atoms with E-state index in [0.717, 1.165) is 44.1 Å². The summed E-state index contributed by atoms with van der Waals surface area (Å²) in [6.45, 7) is 3.08. The van der Waals surface area contributed by atoms with Crippen molar-refractivity contribution >= 4 is 23.4 Å². The molecule has 0 radical (unpaired) electrons. The van der Waals surface area contributed by atoms with Gasteiger partial charge in [-0.15, -0.1) is 0 Å². The van der Waals surface area contributed by atoms with Gasteiger partial charge in [-0.1, -0.05) is 36.6 Å². The summed E-state index contributed by atoms with van der Waals surface area (Å²) in [5, 5.41) is 0.695. The first-order chi connectivity index (χ1) is 13.1. The highest BCUT2D eigenvalue weighted by Gasteiger charge is 2.45. The molecule has 2 amide bonds. The Hall–Kier alpha value is -1.59. The Kier molecular flexibility index (Phi) is 5.42. The number of amides is 2. The molecule has 27 heavy (non-hydrogen) atoms. The van der Waals surface area contributed by atoms with Gasteiger partial charge in [0.05, 0.1) is 5.41 Å². The number of hydrogen-bond acceptors (Lipinski definition) is 3. The molecule has 0 spiro atoms. The van der Waals surface area contributed by atoms with Gasteiger partial charge < -0.3 is 14.5 Å². The number of piperazine rings is 1. The first-order valence-corrected chi connectivity index (χ1v) is 10.4. The van der Waals surface area contributed by atoms with Gasteiger partial charge in [-0.3, -0.25) is 9.59 Å². The van der Waals surface area contributed by atoms with Crippen LogP contribution in [-0.4, -0.2) is 60.5 Å². The molecule has 1 aliphatic carbocycles. The molecule has 4 rings (SSSR count). The summed E-state index contributed by atoms with van der Waals surface area (Å²) < 4.78 is 5.52. The van der Waals surface area contributed by atoms with Crippen LogP contribution in [0.2, 0.25) is 5.02 Å². The third-order valence-electron chi connectivity index (χ3n) is 6.35. The number of benzene rings is 1. The molecule has 0 bridgehead atoms. The average Bonchev–Trinajstić information content (AvgIpc) is 3.40. The van der Waals surface area contributed by atoms with Crippen molar-refractivity contribution in [2.24, 2.45) is 0 Å². The van der Waals surface area contributed by atoms with Crippen molar-refractivity contribution in [3.8, 4) is 0 Å². The fraction of sp³-hybridized carbons (Fsp3) is 0.619. The van der Waals surface area contributed by atoms with Crippen LogP contribution in [-0.2, 0) is 19.7 Å². The van der Waals surface area contributed by atoms with Crippen LogP contribution >= 0.6 is 11.6 Å². The second-order valence-corrected chi connectivity index (χ2v) is 8.35. The molecule has 6 heteroatoms. The van der Waals surface area contributed by atoms with E-state index < -0.39 is 5.41 Å². The van der Waals surface area contributed by atoms with Gasteiger partial charge in [0.15, 0.2) is 0 Å². The van der Waals surface area contributed by atoms with E-state index in [9.17, 15) is 9.59 Å². The highest BCUT2D eigenvalue weighted by molar-refractivity contribution is 6.30. The van der Waals surface area contributed by atoms with Gasteiger partial charge in [-0.2, -0.15) is 0 Å². The fourth-order valence-electron chi connectivity index (χ4n) is 4.78. The minimum atomic E-state index is -0.425. The van der Waals surface area contributed by atoms with Crippen LogP contribution in [0.3, 0.4) is 0 Å². The smallest absolute Gasteiger partial charge is 0.251 e.